The van der Waals surface area contributed by atoms with Gasteiger partial charge >= 0.3 is 11.9 Å². The molecule has 0 aromatic heterocycles. The Labute approximate surface area is 115 Å². The molecule has 19 heavy (non-hydrogen) atoms. The second-order valence-corrected chi connectivity index (χ2v) is 5.90. The zero-order valence-electron chi connectivity index (χ0n) is 10.3. The van der Waals surface area contributed by atoms with Crippen molar-refractivity contribution in [2.45, 2.75) is 30.6 Å². The molecule has 106 valence electrons. The summed E-state index contributed by atoms with van der Waals surface area (Å²) in [6.07, 6.45) is 4.40. The molecule has 0 radical (unpaired) electrons. The van der Waals surface area contributed by atoms with Gasteiger partial charge in [-0.1, -0.05) is 12.2 Å². The van der Waals surface area contributed by atoms with E-state index < -0.39 is 35.6 Å². The number of hydrogen-bond donors (Lipinski definition) is 3. The molecule has 0 saturated carbocycles. The fourth-order valence-corrected chi connectivity index (χ4v) is 3.52. The number of carboxylic acids is 1. The maximum atomic E-state index is 11.8. The smallest absolute Gasteiger partial charge is 0.321 e. The van der Waals surface area contributed by atoms with E-state index in [-0.39, 0.29) is 5.75 Å². The van der Waals surface area contributed by atoms with E-state index in [1.54, 1.807) is 6.08 Å². The Kier molecular flexibility index (Phi) is 4.17. The summed E-state index contributed by atoms with van der Waals surface area (Å²) in [6.45, 7) is 0. The monoisotopic (exact) mass is 287 g/mol. The molecule has 1 fully saturated rings. The molecule has 1 heterocycles. The number of aliphatic carboxylic acids is 1. The molecule has 1 saturated heterocycles. The van der Waals surface area contributed by atoms with Gasteiger partial charge in [0.05, 0.1) is 0 Å². The molecule has 2 rings (SSSR count). The molecule has 0 aromatic carbocycles. The summed E-state index contributed by atoms with van der Waals surface area (Å²) in [6, 6.07) is -0.963. The maximum Gasteiger partial charge on any atom is 0.321 e. The quantitative estimate of drug-likeness (QED) is 0.472. The van der Waals surface area contributed by atoms with E-state index in [9.17, 15) is 14.7 Å². The Morgan fingerprint density at radius 2 is 2.42 bits per heavy atom. The highest BCUT2D eigenvalue weighted by Crippen LogP contribution is 2.40. The molecule has 7 heteroatoms. The number of carbonyl (C=O) groups is 2. The van der Waals surface area contributed by atoms with Crippen molar-refractivity contribution in [3.63, 3.8) is 0 Å². The predicted octanol–water partition coefficient (Wildman–Crippen LogP) is -0.246. The van der Waals surface area contributed by atoms with Crippen LogP contribution in [-0.4, -0.2) is 51.4 Å². The first-order chi connectivity index (χ1) is 8.95. The molecule has 0 spiro atoms. The molecule has 1 aliphatic heterocycles. The third-order valence-electron chi connectivity index (χ3n) is 3.50. The van der Waals surface area contributed by atoms with E-state index in [1.807, 2.05) is 6.08 Å². The summed E-state index contributed by atoms with van der Waals surface area (Å²) >= 11 is 1.24. The van der Waals surface area contributed by atoms with Gasteiger partial charge in [0.2, 0.25) is 0 Å². The zero-order valence-corrected chi connectivity index (χ0v) is 11.1. The van der Waals surface area contributed by atoms with Crippen molar-refractivity contribution in [2.24, 2.45) is 11.7 Å². The number of nitrogens with two attached hydrogens (primary N) is 1. The fourth-order valence-electron chi connectivity index (χ4n) is 2.35. The average Bonchev–Trinajstić information content (AvgIpc) is 2.61. The Bertz CT molecular complexity index is 413. The summed E-state index contributed by atoms with van der Waals surface area (Å²) in [7, 11) is 0. The normalized spacial score (nSPS) is 34.7. The number of carbonyl (C=O) groups excluding carboxylic acids is 1. The minimum atomic E-state index is -1.25. The number of carboxylic acid groups (broad SMARTS) is 1. The molecule has 6 nitrogen and oxygen atoms in total. The molecule has 1 unspecified atom stereocenters. The van der Waals surface area contributed by atoms with Crippen LogP contribution in [0.5, 0.6) is 0 Å². The Morgan fingerprint density at radius 3 is 3.11 bits per heavy atom. The molecule has 1 aliphatic carbocycles. The van der Waals surface area contributed by atoms with Gasteiger partial charge in [-0.15, -0.1) is 0 Å². The molecule has 0 aromatic rings. The number of fused-ring (bicyclic) bond motifs is 1. The first-order valence-electron chi connectivity index (χ1n) is 6.12. The zero-order chi connectivity index (χ0) is 14.0. The van der Waals surface area contributed by atoms with Crippen LogP contribution in [0.15, 0.2) is 12.2 Å². The number of rotatable bonds is 5. The van der Waals surface area contributed by atoms with Gasteiger partial charge < -0.3 is 20.7 Å². The van der Waals surface area contributed by atoms with Gasteiger partial charge in [-0.3, -0.25) is 9.59 Å². The molecule has 2 aliphatic rings. The number of hydrogen-bond acceptors (Lipinski definition) is 6. The summed E-state index contributed by atoms with van der Waals surface area (Å²) < 4.78 is 5.18. The molecule has 4 atom stereocenters. The van der Waals surface area contributed by atoms with Gasteiger partial charge in [-0.05, 0) is 12.8 Å². The summed E-state index contributed by atoms with van der Waals surface area (Å²) in [4.78, 5) is 22.4. The van der Waals surface area contributed by atoms with Crippen molar-refractivity contribution in [1.82, 2.24) is 0 Å². The highest BCUT2D eigenvalue weighted by atomic mass is 32.2. The minimum Gasteiger partial charge on any atom is -0.480 e. The highest BCUT2D eigenvalue weighted by Gasteiger charge is 2.55. The van der Waals surface area contributed by atoms with Crippen molar-refractivity contribution in [1.29, 1.82) is 0 Å². The van der Waals surface area contributed by atoms with Crippen LogP contribution in [0.2, 0.25) is 0 Å². The summed E-state index contributed by atoms with van der Waals surface area (Å²) in [5.41, 5.74) is 4.13. The Hall–Kier alpha value is -1.05. The lowest BCUT2D eigenvalue weighted by atomic mass is 9.81. The van der Waals surface area contributed by atoms with E-state index in [4.69, 9.17) is 15.6 Å². The van der Waals surface area contributed by atoms with E-state index in [0.29, 0.717) is 12.2 Å². The Balaban J connectivity index is 1.95. The average molecular weight is 287 g/mol. The lowest BCUT2D eigenvalue weighted by Gasteiger charge is -2.30. The lowest BCUT2D eigenvalue weighted by molar-refractivity contribution is -0.144. The third kappa shape index (κ3) is 2.77. The van der Waals surface area contributed by atoms with E-state index >= 15 is 0 Å². The van der Waals surface area contributed by atoms with Crippen LogP contribution in [0.4, 0.5) is 0 Å². The van der Waals surface area contributed by atoms with Gasteiger partial charge in [0.15, 0.2) is 0 Å². The number of allylic oxidation sites excluding steroid dienone is 1. The molecule has 0 amide bonds. The van der Waals surface area contributed by atoms with E-state index in [0.717, 1.165) is 6.42 Å². The van der Waals surface area contributed by atoms with Gasteiger partial charge in [0.25, 0.3) is 0 Å². The number of esters is 1. The Morgan fingerprint density at radius 1 is 1.68 bits per heavy atom. The van der Waals surface area contributed by atoms with Crippen molar-refractivity contribution in [3.8, 4) is 0 Å². The largest absolute Gasteiger partial charge is 0.480 e. The molecular formula is C12H17NO5S. The first kappa shape index (κ1) is 14.4. The summed E-state index contributed by atoms with van der Waals surface area (Å²) in [5, 5.41) is 19.2. The number of thioether (sulfide) groups is 1. The highest BCUT2D eigenvalue weighted by molar-refractivity contribution is 7.99. The third-order valence-corrected chi connectivity index (χ3v) is 4.66. The second-order valence-electron chi connectivity index (χ2n) is 4.83. The maximum absolute atomic E-state index is 11.8. The van der Waals surface area contributed by atoms with Crippen molar-refractivity contribution in [3.05, 3.63) is 12.2 Å². The topological polar surface area (TPSA) is 110 Å². The van der Waals surface area contributed by atoms with Crippen LogP contribution in [0.1, 0.15) is 12.8 Å². The first-order valence-corrected chi connectivity index (χ1v) is 7.27. The summed E-state index contributed by atoms with van der Waals surface area (Å²) in [5.74, 6) is -1.65. The second kappa shape index (κ2) is 5.52. The number of aliphatic hydroxyl groups is 1. The molecular weight excluding hydrogens is 270 g/mol. The lowest BCUT2D eigenvalue weighted by Crippen LogP contribution is -2.45. The van der Waals surface area contributed by atoms with Gasteiger partial charge in [0.1, 0.15) is 23.7 Å². The van der Waals surface area contributed by atoms with Crippen LogP contribution >= 0.6 is 11.8 Å². The number of ether oxygens (including phenoxy) is 1. The van der Waals surface area contributed by atoms with Crippen LogP contribution in [0.3, 0.4) is 0 Å². The minimum absolute atomic E-state index is 0.198. The van der Waals surface area contributed by atoms with Crippen LogP contribution < -0.4 is 5.73 Å². The van der Waals surface area contributed by atoms with Crippen molar-refractivity contribution in [2.75, 3.05) is 11.5 Å². The van der Waals surface area contributed by atoms with Crippen LogP contribution in [-0.2, 0) is 14.3 Å². The van der Waals surface area contributed by atoms with E-state index in [1.165, 1.54) is 11.8 Å². The molecule has 0 bridgehead atoms. The fraction of sp³-hybridized carbons (Fsp3) is 0.667. The van der Waals surface area contributed by atoms with Crippen molar-refractivity contribution < 1.29 is 24.5 Å². The van der Waals surface area contributed by atoms with Gasteiger partial charge in [-0.25, -0.2) is 0 Å². The molecule has 4 N–H and O–H groups in total. The van der Waals surface area contributed by atoms with Crippen LogP contribution in [0.25, 0.3) is 0 Å². The SMILES string of the molecule is N[C@@H](CSCC1C(=O)O[C@@H]2CCC=C[C@]12O)C(=O)O. The van der Waals surface area contributed by atoms with Crippen LogP contribution in [0, 0.1) is 5.92 Å². The van der Waals surface area contributed by atoms with Gasteiger partial charge in [-0.2, -0.15) is 11.8 Å². The van der Waals surface area contributed by atoms with E-state index in [2.05, 4.69) is 0 Å². The predicted molar refractivity (Wildman–Crippen MR) is 69.6 cm³/mol. The standard InChI is InChI=1S/C12H17NO5S/c13-8(10(14)15)6-19-5-7-11(16)18-9-3-1-2-4-12(7,9)17/h2,4,7-9,17H,1,3,5-6,13H2,(H,14,15)/t7?,8-,9+,12-/m0/s1. The van der Waals surface area contributed by atoms with Crippen molar-refractivity contribution >= 4 is 23.7 Å². The van der Waals surface area contributed by atoms with Gasteiger partial charge in [0, 0.05) is 11.5 Å².